The molecule has 34 heavy (non-hydrogen) atoms. The van der Waals surface area contributed by atoms with Gasteiger partial charge in [-0.1, -0.05) is 31.8 Å². The lowest BCUT2D eigenvalue weighted by atomic mass is 10.00. The minimum absolute atomic E-state index is 0.0598. The summed E-state index contributed by atoms with van der Waals surface area (Å²) in [6.45, 7) is 9.59. The van der Waals surface area contributed by atoms with Crippen molar-refractivity contribution in [2.75, 3.05) is 45.0 Å². The van der Waals surface area contributed by atoms with Gasteiger partial charge in [0, 0.05) is 74.0 Å². The van der Waals surface area contributed by atoms with Gasteiger partial charge in [-0.3, -0.25) is 14.7 Å². The van der Waals surface area contributed by atoms with E-state index in [1.807, 2.05) is 68.4 Å². The number of benzene rings is 2. The number of amides is 1. The van der Waals surface area contributed by atoms with E-state index in [9.17, 15) is 4.79 Å². The van der Waals surface area contributed by atoms with Crippen LogP contribution in [0.15, 0.2) is 67.0 Å². The molecule has 0 unspecified atom stereocenters. The molecule has 1 saturated heterocycles. The zero-order valence-electron chi connectivity index (χ0n) is 20.0. The quantitative estimate of drug-likeness (QED) is 0.406. The average Bonchev–Trinajstić information content (AvgIpc) is 2.90. The number of aromatic nitrogens is 1. The molecule has 0 spiro atoms. The fraction of sp³-hybridized carbons (Fsp3) is 0.286. The van der Waals surface area contributed by atoms with E-state index >= 15 is 0 Å². The van der Waals surface area contributed by atoms with Crippen LogP contribution in [0, 0.1) is 11.8 Å². The third kappa shape index (κ3) is 7.17. The van der Waals surface area contributed by atoms with E-state index in [-0.39, 0.29) is 5.91 Å². The van der Waals surface area contributed by atoms with E-state index in [0.717, 1.165) is 55.0 Å². The van der Waals surface area contributed by atoms with Crippen molar-refractivity contribution in [3.8, 4) is 23.0 Å². The van der Waals surface area contributed by atoms with E-state index < -0.39 is 0 Å². The molecule has 3 aromatic rings. The highest BCUT2D eigenvalue weighted by molar-refractivity contribution is 5.94. The predicted molar refractivity (Wildman–Crippen MR) is 139 cm³/mol. The normalized spacial score (nSPS) is 13.1. The van der Waals surface area contributed by atoms with Crippen LogP contribution < -0.4 is 16.4 Å². The molecule has 4 N–H and O–H groups in total. The molecule has 0 radical (unpaired) electrons. The number of anilines is 1. The van der Waals surface area contributed by atoms with Crippen LogP contribution in [-0.2, 0) is 0 Å². The van der Waals surface area contributed by atoms with Gasteiger partial charge in [-0.05, 0) is 59.7 Å². The maximum Gasteiger partial charge on any atom is 0.251 e. The molecule has 1 amide bonds. The Morgan fingerprint density at radius 1 is 1.03 bits per heavy atom. The van der Waals surface area contributed by atoms with Crippen molar-refractivity contribution in [2.24, 2.45) is 0 Å². The van der Waals surface area contributed by atoms with Crippen molar-refractivity contribution in [3.63, 3.8) is 0 Å². The Hall–Kier alpha value is -3.66. The fourth-order valence-electron chi connectivity index (χ4n) is 3.66. The summed E-state index contributed by atoms with van der Waals surface area (Å²) < 4.78 is 0. The first-order valence-corrected chi connectivity index (χ1v) is 11.8. The lowest BCUT2D eigenvalue weighted by Crippen LogP contribution is -2.46. The molecule has 0 atom stereocenters. The number of carbonyl (C=O) groups is 1. The molecule has 0 bridgehead atoms. The molecule has 176 valence electrons. The molecule has 2 heterocycles. The highest BCUT2D eigenvalue weighted by atomic mass is 16.1. The molecule has 0 saturated carbocycles. The van der Waals surface area contributed by atoms with E-state index in [2.05, 4.69) is 32.4 Å². The Morgan fingerprint density at radius 3 is 2.44 bits per heavy atom. The number of pyridine rings is 1. The van der Waals surface area contributed by atoms with E-state index in [1.54, 1.807) is 12.4 Å². The van der Waals surface area contributed by atoms with Gasteiger partial charge in [-0.2, -0.15) is 0 Å². The summed E-state index contributed by atoms with van der Waals surface area (Å²) >= 11 is 0. The SMILES string of the molecule is CC.Nc1ccc(-c2ccncc2)c(C#Cc2ccc(C(=O)NCCN3CCNCC3)cc2)c1. The third-order valence-electron chi connectivity index (χ3n) is 5.45. The van der Waals surface area contributed by atoms with Crippen LogP contribution in [0.4, 0.5) is 5.69 Å². The second kappa shape index (κ2) is 13.1. The van der Waals surface area contributed by atoms with Crippen LogP contribution in [0.3, 0.4) is 0 Å². The topological polar surface area (TPSA) is 83.3 Å². The van der Waals surface area contributed by atoms with Gasteiger partial charge in [-0.25, -0.2) is 0 Å². The van der Waals surface area contributed by atoms with Crippen LogP contribution in [0.2, 0.25) is 0 Å². The predicted octanol–water partition coefficient (Wildman–Crippen LogP) is 3.39. The lowest BCUT2D eigenvalue weighted by Gasteiger charge is -2.27. The monoisotopic (exact) mass is 455 g/mol. The van der Waals surface area contributed by atoms with Gasteiger partial charge in [0.15, 0.2) is 0 Å². The van der Waals surface area contributed by atoms with Crippen molar-refractivity contribution < 1.29 is 4.79 Å². The van der Waals surface area contributed by atoms with Gasteiger partial charge >= 0.3 is 0 Å². The van der Waals surface area contributed by atoms with Crippen molar-refractivity contribution in [2.45, 2.75) is 13.8 Å². The molecular weight excluding hydrogens is 422 g/mol. The summed E-state index contributed by atoms with van der Waals surface area (Å²) in [4.78, 5) is 18.9. The summed E-state index contributed by atoms with van der Waals surface area (Å²) in [7, 11) is 0. The zero-order valence-corrected chi connectivity index (χ0v) is 20.0. The molecule has 1 aliphatic rings. The number of carbonyl (C=O) groups excluding carboxylic acids is 1. The van der Waals surface area contributed by atoms with E-state index in [4.69, 9.17) is 5.73 Å². The van der Waals surface area contributed by atoms with Crippen LogP contribution in [0.25, 0.3) is 11.1 Å². The standard InChI is InChI=1S/C26H27N5O.C2H6/c27-24-7-8-25(21-9-11-28-12-10-21)23(19-24)6-3-20-1-4-22(5-2-20)26(32)30-15-18-31-16-13-29-14-17-31;1-2/h1-2,4-5,7-12,19,29H,13-18,27H2,(H,30,32);1-2H3. The van der Waals surface area contributed by atoms with Gasteiger partial charge in [-0.15, -0.1) is 0 Å². The number of hydrogen-bond acceptors (Lipinski definition) is 5. The van der Waals surface area contributed by atoms with Crippen molar-refractivity contribution in [1.82, 2.24) is 20.5 Å². The molecule has 1 aliphatic heterocycles. The molecule has 0 aliphatic carbocycles. The molecule has 2 aromatic carbocycles. The first kappa shape index (κ1) is 25.0. The summed E-state index contributed by atoms with van der Waals surface area (Å²) in [5.41, 5.74) is 11.0. The van der Waals surface area contributed by atoms with E-state index in [0.29, 0.717) is 17.8 Å². The van der Waals surface area contributed by atoms with Crippen molar-refractivity contribution in [3.05, 3.63) is 83.7 Å². The molecule has 1 aromatic heterocycles. The summed E-state index contributed by atoms with van der Waals surface area (Å²) in [5, 5.41) is 6.33. The Bertz CT molecular complexity index is 1110. The highest BCUT2D eigenvalue weighted by Gasteiger charge is 2.10. The number of hydrogen-bond donors (Lipinski definition) is 3. The average molecular weight is 456 g/mol. The van der Waals surface area contributed by atoms with Crippen molar-refractivity contribution >= 4 is 11.6 Å². The highest BCUT2D eigenvalue weighted by Crippen LogP contribution is 2.24. The van der Waals surface area contributed by atoms with Gasteiger partial charge < -0.3 is 16.4 Å². The summed E-state index contributed by atoms with van der Waals surface area (Å²) in [6, 6.07) is 17.0. The number of rotatable bonds is 5. The van der Waals surface area contributed by atoms with Gasteiger partial charge in [0.25, 0.3) is 5.91 Å². The molecule has 1 fully saturated rings. The fourth-order valence-corrected chi connectivity index (χ4v) is 3.66. The first-order chi connectivity index (χ1) is 16.7. The largest absolute Gasteiger partial charge is 0.399 e. The van der Waals surface area contributed by atoms with Gasteiger partial charge in [0.2, 0.25) is 0 Å². The number of nitrogens with one attached hydrogen (secondary N) is 2. The Kier molecular flexibility index (Phi) is 9.65. The molecule has 4 rings (SSSR count). The Balaban J connectivity index is 0.00000158. The van der Waals surface area contributed by atoms with Crippen LogP contribution in [-0.4, -0.2) is 55.1 Å². The van der Waals surface area contributed by atoms with Crippen molar-refractivity contribution in [1.29, 1.82) is 0 Å². The molecule has 6 heteroatoms. The van der Waals surface area contributed by atoms with Gasteiger partial charge in [0.05, 0.1) is 0 Å². The number of piperazine rings is 1. The summed E-state index contributed by atoms with van der Waals surface area (Å²) in [5.74, 6) is 6.35. The van der Waals surface area contributed by atoms with Crippen LogP contribution in [0.1, 0.15) is 35.3 Å². The Labute approximate surface area is 202 Å². The van der Waals surface area contributed by atoms with E-state index in [1.165, 1.54) is 0 Å². The number of nitrogens with two attached hydrogens (primary N) is 1. The molecule has 6 nitrogen and oxygen atoms in total. The second-order valence-corrected chi connectivity index (χ2v) is 7.72. The maximum atomic E-state index is 12.4. The summed E-state index contributed by atoms with van der Waals surface area (Å²) in [6.07, 6.45) is 3.52. The lowest BCUT2D eigenvalue weighted by molar-refractivity contribution is 0.0947. The number of nitrogens with zero attached hydrogens (tertiary/aromatic N) is 2. The van der Waals surface area contributed by atoms with Crippen LogP contribution >= 0.6 is 0 Å². The third-order valence-corrected chi connectivity index (χ3v) is 5.45. The molecular formula is C28H33N5O. The first-order valence-electron chi connectivity index (χ1n) is 11.8. The minimum Gasteiger partial charge on any atom is -0.399 e. The Morgan fingerprint density at radius 2 is 1.74 bits per heavy atom. The second-order valence-electron chi connectivity index (χ2n) is 7.72. The zero-order chi connectivity index (χ0) is 24.2. The minimum atomic E-state index is -0.0598. The van der Waals surface area contributed by atoms with Gasteiger partial charge in [0.1, 0.15) is 0 Å². The van der Waals surface area contributed by atoms with Crippen LogP contribution in [0.5, 0.6) is 0 Å². The smallest absolute Gasteiger partial charge is 0.251 e. The number of nitrogen functional groups attached to an aromatic ring is 1. The maximum absolute atomic E-state index is 12.4.